The van der Waals surface area contributed by atoms with E-state index in [1.807, 2.05) is 4.90 Å². The average Bonchev–Trinajstić information content (AvgIpc) is 2.43. The highest BCUT2D eigenvalue weighted by Gasteiger charge is 2.20. The number of hydrogen-bond acceptors (Lipinski definition) is 4. The maximum absolute atomic E-state index is 12.1. The predicted octanol–water partition coefficient (Wildman–Crippen LogP) is -0.284. The van der Waals surface area contributed by atoms with Gasteiger partial charge in [0.05, 0.1) is 5.69 Å². The van der Waals surface area contributed by atoms with Crippen molar-refractivity contribution in [1.82, 2.24) is 19.6 Å². The number of aromatic nitrogens is 2. The van der Waals surface area contributed by atoms with Crippen molar-refractivity contribution in [3.05, 3.63) is 28.2 Å². The third-order valence-electron chi connectivity index (χ3n) is 3.46. The minimum atomic E-state index is -0.230. The van der Waals surface area contributed by atoms with Crippen molar-refractivity contribution in [2.24, 2.45) is 0 Å². The molecule has 0 bridgehead atoms. The van der Waals surface area contributed by atoms with E-state index in [0.717, 1.165) is 38.4 Å². The third-order valence-corrected chi connectivity index (χ3v) is 3.46. The fourth-order valence-corrected chi connectivity index (χ4v) is 2.21. The molecule has 1 aliphatic rings. The Kier molecular flexibility index (Phi) is 4.31. The summed E-state index contributed by atoms with van der Waals surface area (Å²) in [5.41, 5.74) is 0.509. The van der Waals surface area contributed by atoms with Gasteiger partial charge in [-0.2, -0.15) is 5.10 Å². The standard InChI is InChI=1S/C13H20N4O2/c1-3-15-6-8-16(9-7-15)13(19)10-17-12(18)5-4-11(2)14-17/h4-5H,3,6-10H2,1-2H3. The van der Waals surface area contributed by atoms with Crippen LogP contribution in [0, 0.1) is 6.92 Å². The highest BCUT2D eigenvalue weighted by molar-refractivity contribution is 5.76. The molecule has 0 N–H and O–H groups in total. The lowest BCUT2D eigenvalue weighted by molar-refractivity contribution is -0.133. The summed E-state index contributed by atoms with van der Waals surface area (Å²) >= 11 is 0. The Morgan fingerprint density at radius 2 is 1.95 bits per heavy atom. The molecule has 0 unspecified atom stereocenters. The second-order valence-electron chi connectivity index (χ2n) is 4.79. The molecule has 0 saturated carbocycles. The lowest BCUT2D eigenvalue weighted by atomic mass is 10.3. The third kappa shape index (κ3) is 3.41. The highest BCUT2D eigenvalue weighted by atomic mass is 16.2. The number of nitrogens with zero attached hydrogens (tertiary/aromatic N) is 4. The summed E-state index contributed by atoms with van der Waals surface area (Å²) in [5.74, 6) is -0.0315. The van der Waals surface area contributed by atoms with E-state index in [1.54, 1.807) is 13.0 Å². The first-order valence-electron chi connectivity index (χ1n) is 6.65. The predicted molar refractivity (Wildman–Crippen MR) is 71.9 cm³/mol. The Labute approximate surface area is 112 Å². The molecule has 6 nitrogen and oxygen atoms in total. The number of carbonyl (C=O) groups excluding carboxylic acids is 1. The van der Waals surface area contributed by atoms with Gasteiger partial charge in [-0.25, -0.2) is 4.68 Å². The Morgan fingerprint density at radius 3 is 2.58 bits per heavy atom. The fourth-order valence-electron chi connectivity index (χ4n) is 2.21. The zero-order valence-electron chi connectivity index (χ0n) is 11.5. The topological polar surface area (TPSA) is 58.4 Å². The van der Waals surface area contributed by atoms with Gasteiger partial charge in [0.1, 0.15) is 6.54 Å². The Bertz CT molecular complexity index is 504. The molecular formula is C13H20N4O2. The zero-order chi connectivity index (χ0) is 13.8. The second-order valence-corrected chi connectivity index (χ2v) is 4.79. The van der Waals surface area contributed by atoms with Gasteiger partial charge < -0.3 is 9.80 Å². The van der Waals surface area contributed by atoms with Crippen molar-refractivity contribution in [3.8, 4) is 0 Å². The summed E-state index contributed by atoms with van der Waals surface area (Å²) in [6.45, 7) is 8.24. The van der Waals surface area contributed by atoms with Crippen LogP contribution in [0.1, 0.15) is 12.6 Å². The number of piperazine rings is 1. The molecule has 1 fully saturated rings. The Morgan fingerprint density at radius 1 is 1.26 bits per heavy atom. The minimum absolute atomic E-state index is 0.0315. The molecule has 2 heterocycles. The Hall–Kier alpha value is -1.69. The van der Waals surface area contributed by atoms with Gasteiger partial charge in [-0.05, 0) is 19.5 Å². The first-order chi connectivity index (χ1) is 9.10. The van der Waals surface area contributed by atoms with Gasteiger partial charge in [-0.3, -0.25) is 9.59 Å². The molecule has 2 rings (SSSR count). The molecule has 1 aromatic rings. The largest absolute Gasteiger partial charge is 0.339 e. The Balaban J connectivity index is 1.98. The second kappa shape index (κ2) is 5.97. The molecule has 0 atom stereocenters. The number of rotatable bonds is 3. The van der Waals surface area contributed by atoms with E-state index in [0.29, 0.717) is 0 Å². The van der Waals surface area contributed by atoms with Crippen molar-refractivity contribution in [2.45, 2.75) is 20.4 Å². The van der Waals surface area contributed by atoms with E-state index in [2.05, 4.69) is 16.9 Å². The van der Waals surface area contributed by atoms with Crippen LogP contribution in [0.3, 0.4) is 0 Å². The van der Waals surface area contributed by atoms with E-state index in [-0.39, 0.29) is 18.0 Å². The summed E-state index contributed by atoms with van der Waals surface area (Å²) in [7, 11) is 0. The van der Waals surface area contributed by atoms with Crippen molar-refractivity contribution in [1.29, 1.82) is 0 Å². The van der Waals surface area contributed by atoms with Crippen LogP contribution in [-0.2, 0) is 11.3 Å². The van der Waals surface area contributed by atoms with Crippen LogP contribution in [0.5, 0.6) is 0 Å². The number of aryl methyl sites for hydroxylation is 1. The molecule has 1 aromatic heterocycles. The number of carbonyl (C=O) groups is 1. The van der Waals surface area contributed by atoms with E-state index >= 15 is 0 Å². The number of hydrogen-bond donors (Lipinski definition) is 0. The normalized spacial score (nSPS) is 16.6. The number of likely N-dealkylation sites (N-methyl/N-ethyl adjacent to an activating group) is 1. The lowest BCUT2D eigenvalue weighted by Crippen LogP contribution is -2.49. The van der Waals surface area contributed by atoms with E-state index in [4.69, 9.17) is 0 Å². The first-order valence-corrected chi connectivity index (χ1v) is 6.65. The van der Waals surface area contributed by atoms with Gasteiger partial charge in [0, 0.05) is 32.2 Å². The van der Waals surface area contributed by atoms with Crippen LogP contribution in [-0.4, -0.2) is 58.2 Å². The van der Waals surface area contributed by atoms with Crippen LogP contribution in [0.15, 0.2) is 16.9 Å². The molecule has 0 radical (unpaired) electrons. The quantitative estimate of drug-likeness (QED) is 0.753. The molecular weight excluding hydrogens is 244 g/mol. The van der Waals surface area contributed by atoms with Crippen LogP contribution in [0.25, 0.3) is 0 Å². The molecule has 0 aliphatic carbocycles. The van der Waals surface area contributed by atoms with Crippen LogP contribution < -0.4 is 5.56 Å². The zero-order valence-corrected chi connectivity index (χ0v) is 11.5. The maximum atomic E-state index is 12.1. The SMILES string of the molecule is CCN1CCN(C(=O)Cn2nc(C)ccc2=O)CC1. The van der Waals surface area contributed by atoms with E-state index in [9.17, 15) is 9.59 Å². The van der Waals surface area contributed by atoms with Gasteiger partial charge in [0.2, 0.25) is 5.91 Å². The molecule has 1 aliphatic heterocycles. The van der Waals surface area contributed by atoms with Crippen molar-refractivity contribution in [2.75, 3.05) is 32.7 Å². The maximum Gasteiger partial charge on any atom is 0.267 e. The first kappa shape index (κ1) is 13.7. The van der Waals surface area contributed by atoms with Crippen LogP contribution in [0.4, 0.5) is 0 Å². The van der Waals surface area contributed by atoms with Gasteiger partial charge >= 0.3 is 0 Å². The van der Waals surface area contributed by atoms with Crippen molar-refractivity contribution >= 4 is 5.91 Å². The summed E-state index contributed by atoms with van der Waals surface area (Å²) in [5, 5.41) is 4.08. The monoisotopic (exact) mass is 264 g/mol. The van der Waals surface area contributed by atoms with Crippen LogP contribution in [0.2, 0.25) is 0 Å². The van der Waals surface area contributed by atoms with Gasteiger partial charge in [0.15, 0.2) is 0 Å². The summed E-state index contributed by atoms with van der Waals surface area (Å²) in [6, 6.07) is 3.11. The van der Waals surface area contributed by atoms with Gasteiger partial charge in [-0.15, -0.1) is 0 Å². The van der Waals surface area contributed by atoms with Crippen LogP contribution >= 0.6 is 0 Å². The molecule has 0 aromatic carbocycles. The van der Waals surface area contributed by atoms with E-state index in [1.165, 1.54) is 10.7 Å². The fraction of sp³-hybridized carbons (Fsp3) is 0.615. The number of amides is 1. The summed E-state index contributed by atoms with van der Waals surface area (Å²) in [6.07, 6.45) is 0. The molecule has 0 spiro atoms. The molecule has 104 valence electrons. The van der Waals surface area contributed by atoms with Gasteiger partial charge in [-0.1, -0.05) is 6.92 Å². The smallest absolute Gasteiger partial charge is 0.267 e. The molecule has 19 heavy (non-hydrogen) atoms. The molecule has 1 amide bonds. The average molecular weight is 264 g/mol. The lowest BCUT2D eigenvalue weighted by Gasteiger charge is -2.34. The molecule has 6 heteroatoms. The van der Waals surface area contributed by atoms with Crippen molar-refractivity contribution < 1.29 is 4.79 Å². The summed E-state index contributed by atoms with van der Waals surface area (Å²) < 4.78 is 1.24. The minimum Gasteiger partial charge on any atom is -0.339 e. The highest BCUT2D eigenvalue weighted by Crippen LogP contribution is 2.02. The molecule has 1 saturated heterocycles. The summed E-state index contributed by atoms with van der Waals surface area (Å²) in [4.78, 5) is 27.9. The van der Waals surface area contributed by atoms with E-state index < -0.39 is 0 Å². The van der Waals surface area contributed by atoms with Crippen molar-refractivity contribution in [3.63, 3.8) is 0 Å². The van der Waals surface area contributed by atoms with Gasteiger partial charge in [0.25, 0.3) is 5.56 Å².